The fourth-order valence-electron chi connectivity index (χ4n) is 2.16. The maximum absolute atomic E-state index is 9.18. The van der Waals surface area contributed by atoms with E-state index in [9.17, 15) is 5.11 Å². The zero-order chi connectivity index (χ0) is 12.4. The van der Waals surface area contributed by atoms with Crippen molar-refractivity contribution in [3.63, 3.8) is 0 Å². The second-order valence-corrected chi connectivity index (χ2v) is 4.80. The predicted molar refractivity (Wildman–Crippen MR) is 69.5 cm³/mol. The lowest BCUT2D eigenvalue weighted by Crippen LogP contribution is -2.48. The van der Waals surface area contributed by atoms with E-state index in [1.807, 2.05) is 19.1 Å². The molecule has 3 N–H and O–H groups in total. The summed E-state index contributed by atoms with van der Waals surface area (Å²) in [6.07, 6.45) is -0.0789. The largest absolute Gasteiger partial charge is 0.397 e. The molecule has 1 saturated heterocycles. The van der Waals surface area contributed by atoms with Gasteiger partial charge in [-0.25, -0.2) is 0 Å². The first-order chi connectivity index (χ1) is 8.10. The minimum Gasteiger partial charge on any atom is -0.397 e. The highest BCUT2D eigenvalue weighted by atomic mass is 35.5. The molecule has 1 fully saturated rings. The van der Waals surface area contributed by atoms with E-state index in [1.54, 1.807) is 6.07 Å². The molecule has 0 radical (unpaired) electrons. The van der Waals surface area contributed by atoms with E-state index in [1.165, 1.54) is 0 Å². The van der Waals surface area contributed by atoms with Crippen molar-refractivity contribution in [3.05, 3.63) is 23.2 Å². The Bertz CT molecular complexity index is 400. The number of aliphatic hydroxyl groups is 1. The molecule has 1 aliphatic heterocycles. The van der Waals surface area contributed by atoms with Crippen LogP contribution in [0.15, 0.2) is 18.2 Å². The van der Waals surface area contributed by atoms with E-state index in [-0.39, 0.29) is 18.8 Å². The van der Waals surface area contributed by atoms with Crippen molar-refractivity contribution < 1.29 is 9.84 Å². The Kier molecular flexibility index (Phi) is 3.76. The first-order valence-corrected chi connectivity index (χ1v) is 6.04. The third kappa shape index (κ3) is 2.83. The van der Waals surface area contributed by atoms with Gasteiger partial charge in [-0.15, -0.1) is 0 Å². The molecular weight excluding hydrogens is 240 g/mol. The molecule has 0 aliphatic carbocycles. The Labute approximate surface area is 106 Å². The molecule has 1 aromatic rings. The third-order valence-electron chi connectivity index (χ3n) is 2.86. The van der Waals surface area contributed by atoms with E-state index in [0.717, 1.165) is 12.2 Å². The lowest BCUT2D eigenvalue weighted by molar-refractivity contribution is -0.0420. The van der Waals surface area contributed by atoms with E-state index >= 15 is 0 Å². The summed E-state index contributed by atoms with van der Waals surface area (Å²) >= 11 is 5.88. The van der Waals surface area contributed by atoms with Gasteiger partial charge in [-0.2, -0.15) is 0 Å². The number of nitrogen functional groups attached to an aromatic ring is 1. The first kappa shape index (κ1) is 12.5. The van der Waals surface area contributed by atoms with Crippen LogP contribution in [0.4, 0.5) is 11.4 Å². The molecule has 0 saturated carbocycles. The molecule has 1 aromatic carbocycles. The number of ether oxygens (including phenoxy) is 1. The maximum Gasteiger partial charge on any atom is 0.0984 e. The molecule has 2 unspecified atom stereocenters. The van der Waals surface area contributed by atoms with Crippen LogP contribution in [0.2, 0.25) is 5.02 Å². The van der Waals surface area contributed by atoms with Crippen molar-refractivity contribution in [1.82, 2.24) is 0 Å². The first-order valence-electron chi connectivity index (χ1n) is 5.66. The number of rotatable bonds is 2. The van der Waals surface area contributed by atoms with Crippen LogP contribution in [0.3, 0.4) is 0 Å². The topological polar surface area (TPSA) is 58.7 Å². The summed E-state index contributed by atoms with van der Waals surface area (Å²) in [6.45, 7) is 3.42. The minimum absolute atomic E-state index is 0.0222. The van der Waals surface area contributed by atoms with E-state index in [4.69, 9.17) is 22.1 Å². The molecule has 2 atom stereocenters. The number of nitrogens with two attached hydrogens (primary N) is 1. The molecule has 5 heteroatoms. The van der Waals surface area contributed by atoms with Gasteiger partial charge in [0.25, 0.3) is 0 Å². The minimum atomic E-state index is -0.158. The second kappa shape index (κ2) is 5.12. The number of hydrogen-bond donors (Lipinski definition) is 2. The number of aliphatic hydroxyl groups excluding tert-OH is 1. The van der Waals surface area contributed by atoms with Crippen LogP contribution < -0.4 is 10.6 Å². The van der Waals surface area contributed by atoms with Gasteiger partial charge in [0.1, 0.15) is 0 Å². The van der Waals surface area contributed by atoms with E-state index < -0.39 is 0 Å². The summed E-state index contributed by atoms with van der Waals surface area (Å²) in [5.41, 5.74) is 7.56. The Hall–Kier alpha value is -0.970. The fourth-order valence-corrected chi connectivity index (χ4v) is 2.34. The van der Waals surface area contributed by atoms with Gasteiger partial charge < -0.3 is 20.5 Å². The summed E-state index contributed by atoms with van der Waals surface area (Å²) in [5, 5.41) is 9.81. The van der Waals surface area contributed by atoms with Crippen LogP contribution in [-0.4, -0.2) is 37.0 Å². The Morgan fingerprint density at radius 3 is 2.94 bits per heavy atom. The average Bonchev–Trinajstić information content (AvgIpc) is 2.28. The zero-order valence-corrected chi connectivity index (χ0v) is 10.5. The van der Waals surface area contributed by atoms with E-state index in [2.05, 4.69) is 4.90 Å². The quantitative estimate of drug-likeness (QED) is 0.788. The van der Waals surface area contributed by atoms with Crippen LogP contribution >= 0.6 is 11.6 Å². The van der Waals surface area contributed by atoms with Crippen LogP contribution in [0.1, 0.15) is 6.92 Å². The summed E-state index contributed by atoms with van der Waals surface area (Å²) in [5.74, 6) is 0. The highest BCUT2D eigenvalue weighted by Gasteiger charge is 2.25. The van der Waals surface area contributed by atoms with Crippen molar-refractivity contribution >= 4 is 23.0 Å². The van der Waals surface area contributed by atoms with Crippen molar-refractivity contribution in [1.29, 1.82) is 0 Å². The Morgan fingerprint density at radius 2 is 2.29 bits per heavy atom. The Balaban J connectivity index is 2.20. The number of hydrogen-bond acceptors (Lipinski definition) is 4. The molecular formula is C12H17ClN2O2. The molecule has 94 valence electrons. The molecule has 17 heavy (non-hydrogen) atoms. The lowest BCUT2D eigenvalue weighted by Gasteiger charge is -2.38. The molecule has 0 spiro atoms. The monoisotopic (exact) mass is 256 g/mol. The number of anilines is 2. The molecule has 4 nitrogen and oxygen atoms in total. The van der Waals surface area contributed by atoms with Gasteiger partial charge >= 0.3 is 0 Å². The van der Waals surface area contributed by atoms with Gasteiger partial charge in [0.05, 0.1) is 30.2 Å². The maximum atomic E-state index is 9.18. The van der Waals surface area contributed by atoms with Gasteiger partial charge in [-0.05, 0) is 25.1 Å². The second-order valence-electron chi connectivity index (χ2n) is 4.36. The predicted octanol–water partition coefficient (Wildman–Crippen LogP) is 1.51. The number of halogens is 1. The number of benzene rings is 1. The van der Waals surface area contributed by atoms with Crippen LogP contribution in [0.25, 0.3) is 0 Å². The average molecular weight is 257 g/mol. The number of morpholine rings is 1. The standard InChI is InChI=1S/C12H17ClN2O2/c1-8-5-15(6-10(7-16)17-8)12-3-2-9(13)4-11(12)14/h2-4,8,10,16H,5-7,14H2,1H3. The van der Waals surface area contributed by atoms with Crippen molar-refractivity contribution in [3.8, 4) is 0 Å². The Morgan fingerprint density at radius 1 is 1.53 bits per heavy atom. The fraction of sp³-hybridized carbons (Fsp3) is 0.500. The highest BCUT2D eigenvalue weighted by Crippen LogP contribution is 2.28. The van der Waals surface area contributed by atoms with Gasteiger partial charge in [0.2, 0.25) is 0 Å². The third-order valence-corrected chi connectivity index (χ3v) is 3.10. The summed E-state index contributed by atoms with van der Waals surface area (Å²) in [7, 11) is 0. The summed E-state index contributed by atoms with van der Waals surface area (Å²) in [4.78, 5) is 2.13. The zero-order valence-electron chi connectivity index (χ0n) is 9.77. The molecule has 0 aromatic heterocycles. The summed E-state index contributed by atoms with van der Waals surface area (Å²) in [6, 6.07) is 5.47. The lowest BCUT2D eigenvalue weighted by atomic mass is 10.1. The van der Waals surface area contributed by atoms with Gasteiger partial charge in [0, 0.05) is 18.1 Å². The molecule has 2 rings (SSSR count). The molecule has 1 aliphatic rings. The van der Waals surface area contributed by atoms with Crippen LogP contribution in [0, 0.1) is 0 Å². The molecule has 1 heterocycles. The van der Waals surface area contributed by atoms with Crippen molar-refractivity contribution in [2.24, 2.45) is 0 Å². The summed E-state index contributed by atoms with van der Waals surface area (Å²) < 4.78 is 5.59. The van der Waals surface area contributed by atoms with Crippen LogP contribution in [0.5, 0.6) is 0 Å². The normalized spacial score (nSPS) is 25.0. The molecule has 0 bridgehead atoms. The van der Waals surface area contributed by atoms with Gasteiger partial charge in [0.15, 0.2) is 0 Å². The molecule has 0 amide bonds. The van der Waals surface area contributed by atoms with Crippen LogP contribution in [-0.2, 0) is 4.74 Å². The highest BCUT2D eigenvalue weighted by molar-refractivity contribution is 6.31. The smallest absolute Gasteiger partial charge is 0.0984 e. The van der Waals surface area contributed by atoms with E-state index in [0.29, 0.717) is 17.3 Å². The van der Waals surface area contributed by atoms with Gasteiger partial charge in [-0.1, -0.05) is 11.6 Å². The van der Waals surface area contributed by atoms with Crippen molar-refractivity contribution in [2.75, 3.05) is 30.3 Å². The number of nitrogens with zero attached hydrogens (tertiary/aromatic N) is 1. The van der Waals surface area contributed by atoms with Gasteiger partial charge in [-0.3, -0.25) is 0 Å². The van der Waals surface area contributed by atoms with Crippen molar-refractivity contribution in [2.45, 2.75) is 19.1 Å². The SMILES string of the molecule is CC1CN(c2ccc(Cl)cc2N)CC(CO)O1.